The molecule has 0 saturated heterocycles. The second kappa shape index (κ2) is 8.16. The van der Waals surface area contributed by atoms with E-state index in [-0.39, 0.29) is 0 Å². The molecular weight excluding hydrogens is 264 g/mol. The van der Waals surface area contributed by atoms with Gasteiger partial charge in [-0.15, -0.1) is 11.3 Å². The zero-order valence-corrected chi connectivity index (χ0v) is 13.4. The van der Waals surface area contributed by atoms with Crippen LogP contribution in [0, 0.1) is 5.92 Å². The number of hydrogen-bond donors (Lipinski definition) is 1. The van der Waals surface area contributed by atoms with Gasteiger partial charge in [-0.2, -0.15) is 0 Å². The zero-order valence-electron chi connectivity index (χ0n) is 11.9. The van der Waals surface area contributed by atoms with Crippen molar-refractivity contribution in [3.05, 3.63) is 21.3 Å². The van der Waals surface area contributed by atoms with Crippen LogP contribution in [0.2, 0.25) is 4.34 Å². The summed E-state index contributed by atoms with van der Waals surface area (Å²) < 4.78 is 0.879. The lowest BCUT2D eigenvalue weighted by atomic mass is 10.2. The Morgan fingerprint density at radius 3 is 2.61 bits per heavy atom. The summed E-state index contributed by atoms with van der Waals surface area (Å²) in [5, 5.41) is 3.49. The zero-order chi connectivity index (χ0) is 13.5. The van der Waals surface area contributed by atoms with Gasteiger partial charge in [-0.3, -0.25) is 4.90 Å². The van der Waals surface area contributed by atoms with Crippen LogP contribution < -0.4 is 5.32 Å². The lowest BCUT2D eigenvalue weighted by Gasteiger charge is -2.24. The van der Waals surface area contributed by atoms with Crippen molar-refractivity contribution in [1.29, 1.82) is 0 Å². The van der Waals surface area contributed by atoms with E-state index in [9.17, 15) is 0 Å². The molecule has 18 heavy (non-hydrogen) atoms. The van der Waals surface area contributed by atoms with Crippen molar-refractivity contribution in [2.24, 2.45) is 5.92 Å². The van der Waals surface area contributed by atoms with E-state index in [2.05, 4.69) is 44.1 Å². The summed E-state index contributed by atoms with van der Waals surface area (Å²) in [7, 11) is 2.18. The minimum atomic E-state index is 0.588. The van der Waals surface area contributed by atoms with Gasteiger partial charge in [-0.05, 0) is 51.5 Å². The molecule has 1 N–H and O–H groups in total. The Kier molecular flexibility index (Phi) is 7.23. The van der Waals surface area contributed by atoms with E-state index in [0.717, 1.165) is 29.9 Å². The Morgan fingerprint density at radius 1 is 1.33 bits per heavy atom. The molecule has 1 heterocycles. The van der Waals surface area contributed by atoms with Gasteiger partial charge in [0.25, 0.3) is 0 Å². The third-order valence-corrected chi connectivity index (χ3v) is 4.29. The highest BCUT2D eigenvalue weighted by atomic mass is 35.5. The van der Waals surface area contributed by atoms with E-state index >= 15 is 0 Å². The molecule has 0 fully saturated rings. The largest absolute Gasteiger partial charge is 0.316 e. The van der Waals surface area contributed by atoms with E-state index < -0.39 is 0 Å². The number of rotatable bonds is 8. The molecule has 0 bridgehead atoms. The molecular formula is C14H25ClN2S. The highest BCUT2D eigenvalue weighted by Gasteiger charge is 2.10. The number of halogens is 1. The van der Waals surface area contributed by atoms with Crippen LogP contribution in [0.1, 0.15) is 32.1 Å². The Balaban J connectivity index is 2.22. The van der Waals surface area contributed by atoms with Crippen molar-refractivity contribution in [1.82, 2.24) is 10.2 Å². The molecule has 1 rings (SSSR count). The molecule has 2 nitrogen and oxygen atoms in total. The van der Waals surface area contributed by atoms with Gasteiger partial charge in [-0.25, -0.2) is 0 Å². The molecule has 1 aromatic rings. The molecule has 0 spiro atoms. The maximum absolute atomic E-state index is 5.95. The summed E-state index contributed by atoms with van der Waals surface area (Å²) in [6.45, 7) is 9.95. The summed E-state index contributed by atoms with van der Waals surface area (Å²) in [4.78, 5) is 3.73. The smallest absolute Gasteiger partial charge is 0.0931 e. The molecule has 4 heteroatoms. The molecule has 104 valence electrons. The average molecular weight is 289 g/mol. The van der Waals surface area contributed by atoms with Crippen molar-refractivity contribution in [2.45, 2.75) is 39.8 Å². The molecule has 0 saturated carbocycles. The van der Waals surface area contributed by atoms with Gasteiger partial charge >= 0.3 is 0 Å². The first-order valence-corrected chi connectivity index (χ1v) is 7.83. The van der Waals surface area contributed by atoms with Gasteiger partial charge in [0.15, 0.2) is 0 Å². The van der Waals surface area contributed by atoms with Gasteiger partial charge in [0.1, 0.15) is 0 Å². The summed E-state index contributed by atoms with van der Waals surface area (Å²) in [6, 6.07) is 4.68. The van der Waals surface area contributed by atoms with E-state index in [1.54, 1.807) is 11.3 Å². The number of nitrogens with zero attached hydrogens (tertiary/aromatic N) is 1. The van der Waals surface area contributed by atoms with Crippen molar-refractivity contribution < 1.29 is 0 Å². The maximum Gasteiger partial charge on any atom is 0.0931 e. The standard InChI is InChI=1S/C14H25ClN2S/c1-11(2)9-16-8-7-12(3)17(4)10-13-5-6-14(15)18-13/h5-6,11-12,16H,7-10H2,1-4H3. The second-order valence-electron chi connectivity index (χ2n) is 5.36. The summed E-state index contributed by atoms with van der Waals surface area (Å²) >= 11 is 7.62. The molecule has 1 aromatic heterocycles. The van der Waals surface area contributed by atoms with Crippen LogP contribution in [-0.4, -0.2) is 31.1 Å². The summed E-state index contributed by atoms with van der Waals surface area (Å²) in [6.07, 6.45) is 1.18. The van der Waals surface area contributed by atoms with Crippen LogP contribution >= 0.6 is 22.9 Å². The van der Waals surface area contributed by atoms with E-state index in [0.29, 0.717) is 6.04 Å². The quantitative estimate of drug-likeness (QED) is 0.731. The Labute approximate surface area is 120 Å². The fourth-order valence-electron chi connectivity index (χ4n) is 1.76. The Hall–Kier alpha value is -0.0900. The normalized spacial score (nSPS) is 13.5. The number of thiophene rings is 1. The van der Waals surface area contributed by atoms with Crippen molar-refractivity contribution >= 4 is 22.9 Å². The molecule has 0 radical (unpaired) electrons. The van der Waals surface area contributed by atoms with Gasteiger partial charge in [0.2, 0.25) is 0 Å². The summed E-state index contributed by atoms with van der Waals surface area (Å²) in [5.74, 6) is 0.728. The minimum absolute atomic E-state index is 0.588. The third kappa shape index (κ3) is 6.19. The predicted octanol–water partition coefficient (Wildman–Crippen LogP) is 3.86. The topological polar surface area (TPSA) is 15.3 Å². The van der Waals surface area contributed by atoms with Crippen LogP contribution in [0.4, 0.5) is 0 Å². The average Bonchev–Trinajstić information content (AvgIpc) is 2.69. The molecule has 1 unspecified atom stereocenters. The van der Waals surface area contributed by atoms with Gasteiger partial charge < -0.3 is 5.32 Å². The van der Waals surface area contributed by atoms with Crippen molar-refractivity contribution in [3.8, 4) is 0 Å². The van der Waals surface area contributed by atoms with Crippen LogP contribution in [0.3, 0.4) is 0 Å². The van der Waals surface area contributed by atoms with E-state index in [1.807, 2.05) is 6.07 Å². The number of hydrogen-bond acceptors (Lipinski definition) is 3. The van der Waals surface area contributed by atoms with E-state index in [1.165, 1.54) is 11.3 Å². The molecule has 0 aliphatic rings. The first-order valence-electron chi connectivity index (χ1n) is 6.64. The molecule has 0 aromatic carbocycles. The molecule has 1 atom stereocenters. The lowest BCUT2D eigenvalue weighted by Crippen LogP contribution is -2.32. The van der Waals surface area contributed by atoms with Crippen molar-refractivity contribution in [2.75, 3.05) is 20.1 Å². The van der Waals surface area contributed by atoms with Gasteiger partial charge in [-0.1, -0.05) is 25.4 Å². The van der Waals surface area contributed by atoms with Gasteiger partial charge in [0, 0.05) is 17.5 Å². The first-order chi connectivity index (χ1) is 8.49. The van der Waals surface area contributed by atoms with Gasteiger partial charge in [0.05, 0.1) is 4.34 Å². The van der Waals surface area contributed by atoms with E-state index in [4.69, 9.17) is 11.6 Å². The van der Waals surface area contributed by atoms with Crippen LogP contribution in [0.25, 0.3) is 0 Å². The van der Waals surface area contributed by atoms with Crippen LogP contribution in [0.5, 0.6) is 0 Å². The highest BCUT2D eigenvalue weighted by molar-refractivity contribution is 7.16. The SMILES string of the molecule is CC(C)CNCCC(C)N(C)Cc1ccc(Cl)s1. The second-order valence-corrected chi connectivity index (χ2v) is 7.16. The monoisotopic (exact) mass is 288 g/mol. The van der Waals surface area contributed by atoms with Crippen LogP contribution in [0.15, 0.2) is 12.1 Å². The Bertz CT molecular complexity index is 338. The molecule has 0 aliphatic heterocycles. The fraction of sp³-hybridized carbons (Fsp3) is 0.714. The highest BCUT2D eigenvalue weighted by Crippen LogP contribution is 2.23. The first kappa shape index (κ1) is 16.0. The number of nitrogens with one attached hydrogen (secondary N) is 1. The molecule has 0 amide bonds. The molecule has 0 aliphatic carbocycles. The Morgan fingerprint density at radius 2 is 2.06 bits per heavy atom. The predicted molar refractivity (Wildman–Crippen MR) is 82.6 cm³/mol. The minimum Gasteiger partial charge on any atom is -0.316 e. The lowest BCUT2D eigenvalue weighted by molar-refractivity contribution is 0.238. The van der Waals surface area contributed by atoms with Crippen molar-refractivity contribution in [3.63, 3.8) is 0 Å². The fourth-order valence-corrected chi connectivity index (χ4v) is 2.91. The summed E-state index contributed by atoms with van der Waals surface area (Å²) in [5.41, 5.74) is 0. The third-order valence-electron chi connectivity index (χ3n) is 3.08. The maximum atomic E-state index is 5.95. The van der Waals surface area contributed by atoms with Crippen LogP contribution in [-0.2, 0) is 6.54 Å².